The molecule has 5 heteroatoms. The number of hydrogen-bond acceptors (Lipinski definition) is 4. The lowest BCUT2D eigenvalue weighted by Gasteiger charge is -2.28. The molecule has 86 valence electrons. The Balaban J connectivity index is 4.35. The first-order valence-electron chi connectivity index (χ1n) is 4.78. The second kappa shape index (κ2) is 5.68. The van der Waals surface area contributed by atoms with Crippen molar-refractivity contribution in [3.05, 3.63) is 0 Å². The highest BCUT2D eigenvalue weighted by atomic mass is 32.2. The molecular formula is C9H20O4S. The highest BCUT2D eigenvalue weighted by molar-refractivity contribution is 7.90. The van der Waals surface area contributed by atoms with E-state index in [0.29, 0.717) is 12.8 Å². The van der Waals surface area contributed by atoms with Crippen LogP contribution in [0.2, 0.25) is 0 Å². The third-order valence-corrected chi connectivity index (χ3v) is 3.40. The van der Waals surface area contributed by atoms with E-state index < -0.39 is 15.3 Å². The van der Waals surface area contributed by atoms with Gasteiger partial charge < -0.3 is 10.2 Å². The molecular weight excluding hydrogens is 204 g/mol. The molecule has 0 unspecified atom stereocenters. The Morgan fingerprint density at radius 2 is 1.64 bits per heavy atom. The summed E-state index contributed by atoms with van der Waals surface area (Å²) in [5.74, 6) is 0.0219. The van der Waals surface area contributed by atoms with Gasteiger partial charge >= 0.3 is 0 Å². The lowest BCUT2D eigenvalue weighted by atomic mass is 9.82. The van der Waals surface area contributed by atoms with Crippen molar-refractivity contribution >= 4 is 9.84 Å². The molecule has 0 aromatic carbocycles. The van der Waals surface area contributed by atoms with E-state index in [2.05, 4.69) is 0 Å². The molecule has 14 heavy (non-hydrogen) atoms. The number of aliphatic hydroxyl groups excluding tert-OH is 2. The maximum absolute atomic E-state index is 11.0. The zero-order valence-electron chi connectivity index (χ0n) is 8.86. The topological polar surface area (TPSA) is 74.6 Å². The average molecular weight is 224 g/mol. The standard InChI is InChI=1S/C9H20O4S/c1-3-4-9(7-10,8-11)5-6-14(2,12)13/h10-11H,3-8H2,1-2H3. The van der Waals surface area contributed by atoms with Crippen LogP contribution >= 0.6 is 0 Å². The summed E-state index contributed by atoms with van der Waals surface area (Å²) in [6.45, 7) is 1.63. The summed E-state index contributed by atoms with van der Waals surface area (Å²) < 4.78 is 21.9. The van der Waals surface area contributed by atoms with Crippen molar-refractivity contribution in [2.24, 2.45) is 5.41 Å². The average Bonchev–Trinajstić information content (AvgIpc) is 2.11. The smallest absolute Gasteiger partial charge is 0.147 e. The van der Waals surface area contributed by atoms with E-state index in [1.54, 1.807) is 0 Å². The Morgan fingerprint density at radius 1 is 1.14 bits per heavy atom. The summed E-state index contributed by atoms with van der Waals surface area (Å²) in [6, 6.07) is 0. The van der Waals surface area contributed by atoms with Gasteiger partial charge in [0, 0.05) is 11.7 Å². The molecule has 0 aliphatic rings. The first kappa shape index (κ1) is 13.9. The molecule has 0 bridgehead atoms. The minimum atomic E-state index is -3.02. The molecule has 0 aliphatic heterocycles. The first-order valence-corrected chi connectivity index (χ1v) is 6.84. The van der Waals surface area contributed by atoms with E-state index in [4.69, 9.17) is 10.2 Å². The summed E-state index contributed by atoms with van der Waals surface area (Å²) in [7, 11) is -3.02. The molecule has 0 rings (SSSR count). The molecule has 4 nitrogen and oxygen atoms in total. The highest BCUT2D eigenvalue weighted by Crippen LogP contribution is 2.27. The third kappa shape index (κ3) is 4.93. The molecule has 0 atom stereocenters. The Bertz CT molecular complexity index is 242. The largest absolute Gasteiger partial charge is 0.396 e. The highest BCUT2D eigenvalue weighted by Gasteiger charge is 2.28. The van der Waals surface area contributed by atoms with E-state index >= 15 is 0 Å². The molecule has 2 N–H and O–H groups in total. The van der Waals surface area contributed by atoms with Crippen molar-refractivity contribution in [1.82, 2.24) is 0 Å². The second-order valence-corrected chi connectivity index (χ2v) is 6.21. The lowest BCUT2D eigenvalue weighted by molar-refractivity contribution is 0.0439. The summed E-state index contributed by atoms with van der Waals surface area (Å²) >= 11 is 0. The number of rotatable bonds is 7. The lowest BCUT2D eigenvalue weighted by Crippen LogP contribution is -2.32. The number of aliphatic hydroxyl groups is 2. The predicted molar refractivity (Wildman–Crippen MR) is 55.8 cm³/mol. The molecule has 0 saturated heterocycles. The molecule has 0 radical (unpaired) electrons. The van der Waals surface area contributed by atoms with Crippen LogP contribution in [0.5, 0.6) is 0 Å². The van der Waals surface area contributed by atoms with E-state index in [0.717, 1.165) is 6.42 Å². The van der Waals surface area contributed by atoms with Crippen molar-refractivity contribution in [3.8, 4) is 0 Å². The molecule has 0 fully saturated rings. The van der Waals surface area contributed by atoms with Gasteiger partial charge in [-0.3, -0.25) is 0 Å². The van der Waals surface area contributed by atoms with Gasteiger partial charge in [0.25, 0.3) is 0 Å². The monoisotopic (exact) mass is 224 g/mol. The third-order valence-electron chi connectivity index (χ3n) is 2.45. The van der Waals surface area contributed by atoms with Crippen LogP contribution in [-0.2, 0) is 9.84 Å². The molecule has 0 aromatic heterocycles. The number of sulfone groups is 1. The maximum atomic E-state index is 11.0. The van der Waals surface area contributed by atoms with Gasteiger partial charge in [0.05, 0.1) is 19.0 Å². The van der Waals surface area contributed by atoms with Gasteiger partial charge in [0.15, 0.2) is 0 Å². The van der Waals surface area contributed by atoms with Crippen molar-refractivity contribution < 1.29 is 18.6 Å². The molecule has 0 heterocycles. The molecule has 0 aromatic rings. The second-order valence-electron chi connectivity index (χ2n) is 3.95. The van der Waals surface area contributed by atoms with Crippen LogP contribution < -0.4 is 0 Å². The maximum Gasteiger partial charge on any atom is 0.147 e. The molecule has 0 spiro atoms. The fraction of sp³-hybridized carbons (Fsp3) is 1.00. The van der Waals surface area contributed by atoms with Crippen molar-refractivity contribution in [2.75, 3.05) is 25.2 Å². The minimum Gasteiger partial charge on any atom is -0.396 e. The fourth-order valence-electron chi connectivity index (χ4n) is 1.42. The zero-order valence-corrected chi connectivity index (χ0v) is 9.68. The van der Waals surface area contributed by atoms with Gasteiger partial charge in [-0.15, -0.1) is 0 Å². The Hall–Kier alpha value is -0.130. The van der Waals surface area contributed by atoms with Crippen molar-refractivity contribution in [3.63, 3.8) is 0 Å². The Kier molecular flexibility index (Phi) is 5.63. The quantitative estimate of drug-likeness (QED) is 0.647. The van der Waals surface area contributed by atoms with Crippen LogP contribution in [-0.4, -0.2) is 43.9 Å². The fourth-order valence-corrected chi connectivity index (χ4v) is 2.23. The van der Waals surface area contributed by atoms with E-state index in [1.807, 2.05) is 6.92 Å². The summed E-state index contributed by atoms with van der Waals surface area (Å²) in [5.41, 5.74) is -0.627. The van der Waals surface area contributed by atoms with Gasteiger partial charge in [-0.05, 0) is 12.8 Å². The van der Waals surface area contributed by atoms with Gasteiger partial charge in [-0.2, -0.15) is 0 Å². The van der Waals surface area contributed by atoms with Gasteiger partial charge in [-0.25, -0.2) is 8.42 Å². The van der Waals surface area contributed by atoms with Crippen LogP contribution in [0.4, 0.5) is 0 Å². The van der Waals surface area contributed by atoms with Crippen molar-refractivity contribution in [2.45, 2.75) is 26.2 Å². The van der Waals surface area contributed by atoms with Crippen LogP contribution in [0.25, 0.3) is 0 Å². The molecule has 0 amide bonds. The molecule has 0 saturated carbocycles. The van der Waals surface area contributed by atoms with Crippen LogP contribution in [0.15, 0.2) is 0 Å². The SMILES string of the molecule is CCCC(CO)(CO)CCS(C)(=O)=O. The van der Waals surface area contributed by atoms with Crippen LogP contribution in [0.3, 0.4) is 0 Å². The molecule has 0 aliphatic carbocycles. The van der Waals surface area contributed by atoms with Gasteiger partial charge in [0.2, 0.25) is 0 Å². The summed E-state index contributed by atoms with van der Waals surface area (Å²) in [5, 5.41) is 18.3. The zero-order chi connectivity index (χ0) is 11.2. The van der Waals surface area contributed by atoms with Gasteiger partial charge in [0.1, 0.15) is 9.84 Å². The van der Waals surface area contributed by atoms with Crippen LogP contribution in [0.1, 0.15) is 26.2 Å². The predicted octanol–water partition coefficient (Wildman–Crippen LogP) is 0.192. The van der Waals surface area contributed by atoms with Crippen LogP contribution in [0, 0.1) is 5.41 Å². The first-order chi connectivity index (χ1) is 6.39. The minimum absolute atomic E-state index is 0.0219. The normalized spacial score (nSPS) is 13.1. The Labute approximate surface area is 85.9 Å². The Morgan fingerprint density at radius 3 is 1.93 bits per heavy atom. The van der Waals surface area contributed by atoms with Gasteiger partial charge in [-0.1, -0.05) is 13.3 Å². The van der Waals surface area contributed by atoms with E-state index in [-0.39, 0.29) is 19.0 Å². The number of hydrogen-bond donors (Lipinski definition) is 2. The van der Waals surface area contributed by atoms with Crippen molar-refractivity contribution in [1.29, 1.82) is 0 Å². The van der Waals surface area contributed by atoms with E-state index in [1.165, 1.54) is 6.26 Å². The summed E-state index contributed by atoms with van der Waals surface area (Å²) in [6.07, 6.45) is 2.96. The summed E-state index contributed by atoms with van der Waals surface area (Å²) in [4.78, 5) is 0. The van der Waals surface area contributed by atoms with E-state index in [9.17, 15) is 8.42 Å².